The topological polar surface area (TPSA) is 104 Å². The van der Waals surface area contributed by atoms with Crippen LogP contribution in [0.5, 0.6) is 0 Å². The van der Waals surface area contributed by atoms with E-state index in [1.54, 1.807) is 6.08 Å². The number of esters is 1. The van der Waals surface area contributed by atoms with Crippen LogP contribution in [0.3, 0.4) is 0 Å². The lowest BCUT2D eigenvalue weighted by atomic mass is 10.1. The molecule has 0 amide bonds. The molecule has 0 saturated carbocycles. The van der Waals surface area contributed by atoms with Gasteiger partial charge < -0.3 is 19.6 Å². The molecule has 0 heterocycles. The van der Waals surface area contributed by atoms with E-state index >= 15 is 0 Å². The van der Waals surface area contributed by atoms with E-state index < -0.39 is 32.4 Å². The van der Waals surface area contributed by atoms with Crippen LogP contribution in [0.4, 0.5) is 0 Å². The van der Waals surface area contributed by atoms with Gasteiger partial charge in [0.15, 0.2) is 0 Å². The summed E-state index contributed by atoms with van der Waals surface area (Å²) in [6, 6.07) is 0. The van der Waals surface area contributed by atoms with Gasteiger partial charge in [0, 0.05) is 6.08 Å². The molecule has 0 saturated heterocycles. The van der Waals surface area contributed by atoms with Crippen molar-refractivity contribution >= 4 is 13.6 Å². The van der Waals surface area contributed by atoms with E-state index in [0.29, 0.717) is 0 Å². The molecular weight excluding hydrogens is 403 g/mol. The van der Waals surface area contributed by atoms with Gasteiger partial charge >= 0.3 is 13.6 Å². The van der Waals surface area contributed by atoms with Gasteiger partial charge in [-0.3, -0.25) is 4.57 Å². The first-order valence-electron chi connectivity index (χ1n) is 11.6. The molecule has 0 aliphatic carbocycles. The maximum atomic E-state index is 11.5. The van der Waals surface area contributed by atoms with E-state index in [4.69, 9.17) is 14.5 Å². The van der Waals surface area contributed by atoms with Gasteiger partial charge in [0.1, 0.15) is 6.61 Å². The van der Waals surface area contributed by atoms with Crippen LogP contribution in [-0.4, -0.2) is 39.7 Å². The Kier molecular flexibility index (Phi) is 19.4. The highest BCUT2D eigenvalue weighted by atomic mass is 31.2. The minimum absolute atomic E-state index is 0.413. The zero-order valence-electron chi connectivity index (χ0n) is 18.7. The molecule has 30 heavy (non-hydrogen) atoms. The fraction of sp³-hybridized carbons (Fsp3) is 0.783. The molecule has 0 radical (unpaired) electrons. The van der Waals surface area contributed by atoms with E-state index in [1.165, 1.54) is 76.7 Å². The highest BCUT2D eigenvalue weighted by molar-refractivity contribution is 7.51. The molecule has 0 spiro atoms. The minimum Gasteiger partial charge on any atom is -0.460 e. The molecular formula is C23H43O6P. The zero-order chi connectivity index (χ0) is 22.5. The monoisotopic (exact) mass is 446 g/mol. The Morgan fingerprint density at radius 3 is 1.80 bits per heavy atom. The molecule has 3 N–H and O–H groups in total. The van der Waals surface area contributed by atoms with Crippen molar-refractivity contribution in [1.29, 1.82) is 0 Å². The summed E-state index contributed by atoms with van der Waals surface area (Å²) in [5.41, 5.74) is 0. The summed E-state index contributed by atoms with van der Waals surface area (Å²) < 4.78 is 15.5. The van der Waals surface area contributed by atoms with E-state index in [1.807, 2.05) is 0 Å². The normalized spacial score (nSPS) is 13.3. The van der Waals surface area contributed by atoms with Gasteiger partial charge in [-0.2, -0.15) is 0 Å². The van der Waals surface area contributed by atoms with Gasteiger partial charge in [-0.15, -0.1) is 0 Å². The average molecular weight is 447 g/mol. The standard InChI is InChI=1S/C23H43O6P/c1-2-3-4-5-6-7-8-9-10-11-12-13-14-15-16-17-18-19-23(25)29-20-22(24)21-30(26,27)28/h6-7,18-19,22,24H,2-5,8-17,20-21H2,1H3,(H2,26,27,28). The first kappa shape index (κ1) is 29.1. The van der Waals surface area contributed by atoms with Crippen molar-refractivity contribution in [2.24, 2.45) is 0 Å². The molecule has 0 rings (SSSR count). The Morgan fingerprint density at radius 2 is 1.30 bits per heavy atom. The number of aliphatic hydroxyl groups is 1. The highest BCUT2D eigenvalue weighted by Crippen LogP contribution is 2.34. The summed E-state index contributed by atoms with van der Waals surface area (Å²) in [5, 5.41) is 9.36. The van der Waals surface area contributed by atoms with Gasteiger partial charge in [0.2, 0.25) is 0 Å². The van der Waals surface area contributed by atoms with Crippen molar-refractivity contribution in [3.63, 3.8) is 0 Å². The molecule has 0 fully saturated rings. The van der Waals surface area contributed by atoms with Gasteiger partial charge in [-0.25, -0.2) is 4.79 Å². The summed E-state index contributed by atoms with van der Waals surface area (Å²) >= 11 is 0. The third-order valence-corrected chi connectivity index (χ3v) is 5.65. The van der Waals surface area contributed by atoms with E-state index in [2.05, 4.69) is 19.1 Å². The Morgan fingerprint density at radius 1 is 0.833 bits per heavy atom. The van der Waals surface area contributed by atoms with Crippen LogP contribution in [0.2, 0.25) is 0 Å². The molecule has 0 bridgehead atoms. The van der Waals surface area contributed by atoms with Crippen molar-refractivity contribution in [2.75, 3.05) is 12.8 Å². The first-order valence-corrected chi connectivity index (χ1v) is 13.4. The zero-order valence-corrected chi connectivity index (χ0v) is 19.6. The number of carbonyl (C=O) groups excluding carboxylic acids is 1. The third kappa shape index (κ3) is 23.3. The summed E-state index contributed by atoms with van der Waals surface area (Å²) in [6.45, 7) is 1.82. The lowest BCUT2D eigenvalue weighted by Crippen LogP contribution is -2.21. The van der Waals surface area contributed by atoms with E-state index in [-0.39, 0.29) is 0 Å². The molecule has 1 unspecified atom stereocenters. The van der Waals surface area contributed by atoms with Crippen LogP contribution in [-0.2, 0) is 14.1 Å². The Labute approximate surface area is 183 Å². The third-order valence-electron chi connectivity index (χ3n) is 4.75. The maximum absolute atomic E-state index is 11.5. The summed E-state index contributed by atoms with van der Waals surface area (Å²) in [7, 11) is -4.30. The Bertz CT molecular complexity index is 512. The first-order chi connectivity index (χ1) is 14.3. The summed E-state index contributed by atoms with van der Waals surface area (Å²) in [4.78, 5) is 28.9. The van der Waals surface area contributed by atoms with Gasteiger partial charge in [0.05, 0.1) is 12.3 Å². The van der Waals surface area contributed by atoms with Crippen molar-refractivity contribution in [1.82, 2.24) is 0 Å². The van der Waals surface area contributed by atoms with E-state index in [9.17, 15) is 14.5 Å². The number of hydrogen-bond donors (Lipinski definition) is 3. The number of rotatable bonds is 20. The van der Waals surface area contributed by atoms with Crippen LogP contribution in [0, 0.1) is 0 Å². The molecule has 1 atom stereocenters. The quantitative estimate of drug-likeness (QED) is 0.0733. The number of ether oxygens (including phenoxy) is 1. The van der Waals surface area contributed by atoms with E-state index in [0.717, 1.165) is 19.3 Å². The smallest absolute Gasteiger partial charge is 0.330 e. The summed E-state index contributed by atoms with van der Waals surface area (Å²) in [5.74, 6) is -0.601. The van der Waals surface area contributed by atoms with Gasteiger partial charge in [-0.05, 0) is 38.5 Å². The Balaban J connectivity index is 3.40. The molecule has 7 heteroatoms. The van der Waals surface area contributed by atoms with Gasteiger partial charge in [-0.1, -0.05) is 76.5 Å². The molecule has 0 aromatic rings. The van der Waals surface area contributed by atoms with Crippen LogP contribution in [0.15, 0.2) is 24.3 Å². The minimum atomic E-state index is -4.30. The van der Waals surface area contributed by atoms with Gasteiger partial charge in [0.25, 0.3) is 0 Å². The second-order valence-corrected chi connectivity index (χ2v) is 9.60. The fourth-order valence-corrected chi connectivity index (χ4v) is 3.72. The lowest BCUT2D eigenvalue weighted by Gasteiger charge is -2.10. The molecule has 0 aromatic carbocycles. The van der Waals surface area contributed by atoms with Crippen molar-refractivity contribution in [3.8, 4) is 0 Å². The lowest BCUT2D eigenvalue weighted by molar-refractivity contribution is -0.140. The highest BCUT2D eigenvalue weighted by Gasteiger charge is 2.20. The number of aliphatic hydroxyl groups excluding tert-OH is 1. The molecule has 6 nitrogen and oxygen atoms in total. The van der Waals surface area contributed by atoms with Crippen molar-refractivity contribution in [3.05, 3.63) is 24.3 Å². The molecule has 176 valence electrons. The van der Waals surface area contributed by atoms with Crippen LogP contribution in [0.1, 0.15) is 96.8 Å². The predicted octanol–water partition coefficient (Wildman–Crippen LogP) is 5.66. The fourth-order valence-electron chi connectivity index (χ4n) is 3.07. The van der Waals surface area contributed by atoms with Crippen molar-refractivity contribution < 1.29 is 29.0 Å². The second kappa shape index (κ2) is 20.0. The SMILES string of the molecule is CCCCCC=CCCCCCCCCCCC=CC(=O)OCC(O)CP(=O)(O)O. The molecule has 0 aromatic heterocycles. The number of unbranched alkanes of at least 4 members (excludes halogenated alkanes) is 12. The average Bonchev–Trinajstić information content (AvgIpc) is 2.67. The Hall–Kier alpha value is -0.940. The van der Waals surface area contributed by atoms with Crippen LogP contribution < -0.4 is 0 Å². The second-order valence-electron chi connectivity index (χ2n) is 7.91. The number of hydrogen-bond acceptors (Lipinski definition) is 4. The van der Waals surface area contributed by atoms with Crippen molar-refractivity contribution in [2.45, 2.75) is 103 Å². The molecule has 0 aliphatic heterocycles. The largest absolute Gasteiger partial charge is 0.460 e. The predicted molar refractivity (Wildman–Crippen MR) is 122 cm³/mol. The molecule has 0 aliphatic rings. The van der Waals surface area contributed by atoms with Crippen LogP contribution >= 0.6 is 7.60 Å². The maximum Gasteiger partial charge on any atom is 0.330 e. The summed E-state index contributed by atoms with van der Waals surface area (Å²) in [6.07, 6.45) is 22.7. The number of carbonyl (C=O) groups is 1. The van der Waals surface area contributed by atoms with Crippen LogP contribution in [0.25, 0.3) is 0 Å². The number of allylic oxidation sites excluding steroid dienone is 3.